The number of primary amides is 1. The van der Waals surface area contributed by atoms with Gasteiger partial charge in [0.1, 0.15) is 5.82 Å². The molecule has 0 radical (unpaired) electrons. The Labute approximate surface area is 166 Å². The molecule has 0 aliphatic heterocycles. The first-order valence-electron chi connectivity index (χ1n) is 8.57. The lowest BCUT2D eigenvalue weighted by Crippen LogP contribution is -2.13. The van der Waals surface area contributed by atoms with Crippen LogP contribution in [-0.4, -0.2) is 20.9 Å². The molecule has 4 rings (SSSR count). The fraction of sp³-hybridized carbons (Fsp3) is 0.0476. The van der Waals surface area contributed by atoms with E-state index in [2.05, 4.69) is 15.3 Å². The van der Waals surface area contributed by atoms with Crippen LogP contribution in [0.1, 0.15) is 15.9 Å². The highest BCUT2D eigenvalue weighted by Gasteiger charge is 2.15. The van der Waals surface area contributed by atoms with E-state index in [1.807, 2.05) is 31.2 Å². The van der Waals surface area contributed by atoms with Gasteiger partial charge in [0, 0.05) is 28.4 Å². The van der Waals surface area contributed by atoms with Crippen LogP contribution in [0.5, 0.6) is 0 Å². The van der Waals surface area contributed by atoms with Crippen LogP contribution in [0.2, 0.25) is 5.02 Å². The van der Waals surface area contributed by atoms with Crippen molar-refractivity contribution < 1.29 is 4.79 Å². The maximum absolute atomic E-state index is 11.8. The van der Waals surface area contributed by atoms with Crippen molar-refractivity contribution in [3.05, 3.63) is 77.1 Å². The Kier molecular flexibility index (Phi) is 4.63. The summed E-state index contributed by atoms with van der Waals surface area (Å²) in [5.41, 5.74) is 8.90. The molecule has 0 bridgehead atoms. The van der Waals surface area contributed by atoms with Gasteiger partial charge in [0.15, 0.2) is 5.82 Å². The maximum atomic E-state index is 11.8. The lowest BCUT2D eigenvalue weighted by molar-refractivity contribution is 0.100. The monoisotopic (exact) mass is 389 g/mol. The number of pyridine rings is 1. The average Bonchev–Trinajstić information content (AvgIpc) is 2.69. The summed E-state index contributed by atoms with van der Waals surface area (Å²) in [6.45, 7) is 1.94. The molecule has 0 spiro atoms. The van der Waals surface area contributed by atoms with E-state index in [1.54, 1.807) is 36.7 Å². The van der Waals surface area contributed by atoms with Crippen LogP contribution < -0.4 is 11.1 Å². The summed E-state index contributed by atoms with van der Waals surface area (Å²) in [5, 5.41) is 4.56. The van der Waals surface area contributed by atoms with Gasteiger partial charge in [-0.05, 0) is 48.9 Å². The number of hydrogen-bond donors (Lipinski definition) is 2. The van der Waals surface area contributed by atoms with Crippen LogP contribution in [0.15, 0.2) is 60.9 Å². The highest BCUT2D eigenvalue weighted by Crippen LogP contribution is 2.32. The molecule has 1 amide bonds. The Balaban J connectivity index is 1.95. The van der Waals surface area contributed by atoms with Crippen molar-refractivity contribution in [3.63, 3.8) is 0 Å². The molecule has 2 heterocycles. The quantitative estimate of drug-likeness (QED) is 0.536. The van der Waals surface area contributed by atoms with Crippen molar-refractivity contribution >= 4 is 39.9 Å². The second-order valence-corrected chi connectivity index (χ2v) is 6.73. The minimum atomic E-state index is -0.525. The minimum Gasteiger partial charge on any atom is -0.366 e. The zero-order valence-electron chi connectivity index (χ0n) is 15.0. The van der Waals surface area contributed by atoms with E-state index in [1.165, 1.54) is 0 Å². The Morgan fingerprint density at radius 1 is 1.11 bits per heavy atom. The number of aryl methyl sites for hydroxylation is 1. The molecular formula is C21H16ClN5O. The topological polar surface area (TPSA) is 93.8 Å². The van der Waals surface area contributed by atoms with E-state index in [0.29, 0.717) is 27.9 Å². The molecule has 0 saturated carbocycles. The highest BCUT2D eigenvalue weighted by atomic mass is 35.5. The molecule has 4 aromatic rings. The average molecular weight is 390 g/mol. The number of para-hydroxylation sites is 1. The second kappa shape index (κ2) is 7.25. The fourth-order valence-corrected chi connectivity index (χ4v) is 3.29. The lowest BCUT2D eigenvalue weighted by atomic mass is 10.1. The predicted molar refractivity (Wildman–Crippen MR) is 111 cm³/mol. The largest absolute Gasteiger partial charge is 0.366 e. The number of nitrogens with zero attached hydrogens (tertiary/aromatic N) is 3. The number of benzene rings is 2. The summed E-state index contributed by atoms with van der Waals surface area (Å²) in [5.74, 6) is 0.524. The number of hydrogen-bond acceptors (Lipinski definition) is 5. The van der Waals surface area contributed by atoms with E-state index in [-0.39, 0.29) is 0 Å². The first-order valence-corrected chi connectivity index (χ1v) is 8.95. The fourth-order valence-electron chi connectivity index (χ4n) is 3.02. The zero-order chi connectivity index (χ0) is 19.7. The molecule has 138 valence electrons. The van der Waals surface area contributed by atoms with Crippen molar-refractivity contribution in [1.29, 1.82) is 0 Å². The Morgan fingerprint density at radius 3 is 2.68 bits per heavy atom. The van der Waals surface area contributed by atoms with Crippen LogP contribution in [0.3, 0.4) is 0 Å². The molecule has 0 aliphatic rings. The summed E-state index contributed by atoms with van der Waals surface area (Å²) < 4.78 is 0. The van der Waals surface area contributed by atoms with E-state index in [9.17, 15) is 4.79 Å². The van der Waals surface area contributed by atoms with Gasteiger partial charge < -0.3 is 11.1 Å². The van der Waals surface area contributed by atoms with Crippen LogP contribution in [0, 0.1) is 6.92 Å². The third kappa shape index (κ3) is 3.37. The summed E-state index contributed by atoms with van der Waals surface area (Å²) in [7, 11) is 0. The smallest absolute Gasteiger partial charge is 0.250 e. The van der Waals surface area contributed by atoms with Crippen molar-refractivity contribution in [2.45, 2.75) is 6.92 Å². The third-order valence-electron chi connectivity index (χ3n) is 4.32. The van der Waals surface area contributed by atoms with Gasteiger partial charge >= 0.3 is 0 Å². The molecule has 0 saturated heterocycles. The molecule has 3 N–H and O–H groups in total. The number of aromatic nitrogens is 3. The van der Waals surface area contributed by atoms with Crippen LogP contribution in [0.25, 0.3) is 22.3 Å². The number of amides is 1. The number of carbonyl (C=O) groups excluding carboxylic acids is 1. The molecule has 7 heteroatoms. The maximum Gasteiger partial charge on any atom is 0.250 e. The number of nitrogens with two attached hydrogens (primary N) is 1. The Morgan fingerprint density at radius 2 is 1.93 bits per heavy atom. The van der Waals surface area contributed by atoms with Gasteiger partial charge in [-0.15, -0.1) is 0 Å². The van der Waals surface area contributed by atoms with E-state index < -0.39 is 5.91 Å². The van der Waals surface area contributed by atoms with Gasteiger partial charge in [0.05, 0.1) is 16.8 Å². The molecule has 0 aliphatic carbocycles. The zero-order valence-corrected chi connectivity index (χ0v) is 15.7. The van der Waals surface area contributed by atoms with Crippen LogP contribution in [0.4, 0.5) is 11.5 Å². The Bertz CT molecular complexity index is 1190. The number of carbonyl (C=O) groups is 1. The summed E-state index contributed by atoms with van der Waals surface area (Å²) in [4.78, 5) is 25.3. The molecule has 0 fully saturated rings. The van der Waals surface area contributed by atoms with Crippen molar-refractivity contribution in [3.8, 4) is 11.4 Å². The molecular weight excluding hydrogens is 374 g/mol. The lowest BCUT2D eigenvalue weighted by Gasteiger charge is -2.14. The molecule has 0 unspecified atom stereocenters. The number of nitrogens with one attached hydrogen (secondary N) is 1. The molecule has 0 atom stereocenters. The van der Waals surface area contributed by atoms with E-state index >= 15 is 0 Å². The van der Waals surface area contributed by atoms with Crippen molar-refractivity contribution in [2.24, 2.45) is 5.73 Å². The highest BCUT2D eigenvalue weighted by molar-refractivity contribution is 6.31. The van der Waals surface area contributed by atoms with E-state index in [0.717, 1.165) is 22.0 Å². The van der Waals surface area contributed by atoms with Gasteiger partial charge in [-0.3, -0.25) is 9.78 Å². The number of rotatable bonds is 4. The molecule has 2 aromatic heterocycles. The number of fused-ring (bicyclic) bond motifs is 1. The normalized spacial score (nSPS) is 10.8. The second-order valence-electron chi connectivity index (χ2n) is 6.29. The van der Waals surface area contributed by atoms with Gasteiger partial charge in [-0.2, -0.15) is 0 Å². The summed E-state index contributed by atoms with van der Waals surface area (Å²) in [6.07, 6.45) is 3.39. The molecule has 2 aromatic carbocycles. The summed E-state index contributed by atoms with van der Waals surface area (Å²) in [6, 6.07) is 14.4. The van der Waals surface area contributed by atoms with Crippen LogP contribution >= 0.6 is 11.6 Å². The van der Waals surface area contributed by atoms with Crippen molar-refractivity contribution in [2.75, 3.05) is 5.32 Å². The SMILES string of the molecule is Cc1cc(Cl)cc2c(Nc3ccccc3C(N)=O)nc(-c3cccnc3)nc12. The van der Waals surface area contributed by atoms with E-state index in [4.69, 9.17) is 22.3 Å². The van der Waals surface area contributed by atoms with Crippen molar-refractivity contribution in [1.82, 2.24) is 15.0 Å². The predicted octanol–water partition coefficient (Wildman–Crippen LogP) is 4.50. The first kappa shape index (κ1) is 17.9. The molecule has 6 nitrogen and oxygen atoms in total. The standard InChI is InChI=1S/C21H16ClN5O/c1-12-9-14(22)10-16-18(12)26-20(13-5-4-8-24-11-13)27-21(16)25-17-7-3-2-6-15(17)19(23)28/h2-11H,1H3,(H2,23,28)(H,25,26,27). The minimum absolute atomic E-state index is 0.371. The number of halogens is 1. The third-order valence-corrected chi connectivity index (χ3v) is 4.54. The first-order chi connectivity index (χ1) is 13.5. The van der Waals surface area contributed by atoms with Gasteiger partial charge in [0.2, 0.25) is 0 Å². The van der Waals surface area contributed by atoms with Crippen LogP contribution in [-0.2, 0) is 0 Å². The molecule has 28 heavy (non-hydrogen) atoms. The summed E-state index contributed by atoms with van der Waals surface area (Å²) >= 11 is 6.27. The Hall–Kier alpha value is -3.51. The van der Waals surface area contributed by atoms with Gasteiger partial charge in [-0.1, -0.05) is 23.7 Å². The van der Waals surface area contributed by atoms with Gasteiger partial charge in [0.25, 0.3) is 5.91 Å². The number of anilines is 2. The van der Waals surface area contributed by atoms with Gasteiger partial charge in [-0.25, -0.2) is 9.97 Å².